The molecule has 0 saturated heterocycles. The molecule has 0 saturated carbocycles. The van der Waals surface area contributed by atoms with Crippen LogP contribution < -0.4 is 20.1 Å². The summed E-state index contributed by atoms with van der Waals surface area (Å²) >= 11 is 6.35. The predicted molar refractivity (Wildman–Crippen MR) is 121 cm³/mol. The number of amides is 1. The molecule has 0 aliphatic rings. The fourth-order valence-electron chi connectivity index (χ4n) is 2.40. The number of carbonyl (C=O) groups excluding carboxylic acids is 1. The van der Waals surface area contributed by atoms with Crippen LogP contribution in [-0.4, -0.2) is 31.0 Å². The molecule has 0 aliphatic heterocycles. The molecule has 1 aromatic heterocycles. The molecule has 2 aromatic carbocycles. The van der Waals surface area contributed by atoms with E-state index < -0.39 is 10.0 Å². The lowest BCUT2D eigenvalue weighted by Gasteiger charge is -2.11. The number of benzene rings is 2. The Kier molecular flexibility index (Phi) is 6.98. The van der Waals surface area contributed by atoms with Gasteiger partial charge >= 0.3 is 0 Å². The molecule has 0 fully saturated rings. The van der Waals surface area contributed by atoms with E-state index in [1.54, 1.807) is 41.8 Å². The lowest BCUT2D eigenvalue weighted by Crippen LogP contribution is -2.34. The topological polar surface area (TPSA) is 109 Å². The van der Waals surface area contributed by atoms with Crippen molar-refractivity contribution < 1.29 is 17.9 Å². The molecule has 156 valence electrons. The van der Waals surface area contributed by atoms with Crippen LogP contribution in [0.5, 0.6) is 5.75 Å². The van der Waals surface area contributed by atoms with Crippen molar-refractivity contribution in [2.24, 2.45) is 0 Å². The maximum Gasteiger partial charge on any atom is 0.263 e. The van der Waals surface area contributed by atoms with E-state index in [-0.39, 0.29) is 21.0 Å². The summed E-state index contributed by atoms with van der Waals surface area (Å²) < 4.78 is 32.5. The molecule has 8 nitrogen and oxygen atoms in total. The molecule has 0 bridgehead atoms. The largest absolute Gasteiger partial charge is 0.494 e. The number of sulfonamides is 1. The third kappa shape index (κ3) is 5.75. The minimum Gasteiger partial charge on any atom is -0.494 e. The Morgan fingerprint density at radius 2 is 1.97 bits per heavy atom. The second-order valence-electron chi connectivity index (χ2n) is 5.84. The molecule has 1 amide bonds. The zero-order chi connectivity index (χ0) is 21.6. The summed E-state index contributed by atoms with van der Waals surface area (Å²) in [5, 5.41) is 7.47. The molecule has 0 atom stereocenters. The third-order valence-corrected chi connectivity index (χ3v) is 6.09. The first-order valence-electron chi connectivity index (χ1n) is 8.75. The van der Waals surface area contributed by atoms with Gasteiger partial charge in [-0.05, 0) is 61.6 Å². The quantitative estimate of drug-likeness (QED) is 0.461. The van der Waals surface area contributed by atoms with Crippen LogP contribution in [0.4, 0.5) is 10.8 Å². The van der Waals surface area contributed by atoms with E-state index >= 15 is 0 Å². The van der Waals surface area contributed by atoms with Crippen molar-refractivity contribution in [1.82, 2.24) is 10.3 Å². The number of anilines is 2. The summed E-state index contributed by atoms with van der Waals surface area (Å²) in [5.41, 5.74) is 0.927. The van der Waals surface area contributed by atoms with E-state index in [2.05, 4.69) is 20.3 Å². The first-order chi connectivity index (χ1) is 14.4. The zero-order valence-electron chi connectivity index (χ0n) is 15.8. The predicted octanol–water partition coefficient (Wildman–Crippen LogP) is 3.47. The van der Waals surface area contributed by atoms with E-state index in [1.807, 2.05) is 6.92 Å². The fraction of sp³-hybridized carbons (Fsp3) is 0.105. The van der Waals surface area contributed by atoms with Crippen molar-refractivity contribution in [2.45, 2.75) is 11.8 Å². The van der Waals surface area contributed by atoms with Gasteiger partial charge in [-0.1, -0.05) is 6.07 Å². The van der Waals surface area contributed by atoms with Crippen molar-refractivity contribution >= 4 is 55.4 Å². The van der Waals surface area contributed by atoms with Gasteiger partial charge in [-0.2, -0.15) is 0 Å². The Balaban J connectivity index is 1.60. The monoisotopic (exact) mass is 462 g/mol. The average Bonchev–Trinajstić information content (AvgIpc) is 3.21. The van der Waals surface area contributed by atoms with Crippen LogP contribution in [0.2, 0.25) is 0 Å². The summed E-state index contributed by atoms with van der Waals surface area (Å²) in [6.07, 6.45) is 1.51. The highest BCUT2D eigenvalue weighted by atomic mass is 32.2. The van der Waals surface area contributed by atoms with E-state index in [4.69, 9.17) is 17.0 Å². The smallest absolute Gasteiger partial charge is 0.263 e. The Bertz CT molecular complexity index is 1130. The number of carbonyl (C=O) groups is 1. The molecular formula is C19H18N4O4S3. The third-order valence-electron chi connectivity index (χ3n) is 3.71. The molecule has 0 spiro atoms. The Labute approximate surface area is 183 Å². The van der Waals surface area contributed by atoms with Crippen molar-refractivity contribution in [2.75, 3.05) is 16.6 Å². The average molecular weight is 463 g/mol. The molecular weight excluding hydrogens is 444 g/mol. The Morgan fingerprint density at radius 1 is 1.20 bits per heavy atom. The van der Waals surface area contributed by atoms with Crippen LogP contribution in [0, 0.1) is 0 Å². The minimum atomic E-state index is -3.74. The van der Waals surface area contributed by atoms with Gasteiger partial charge in [0, 0.05) is 22.8 Å². The highest BCUT2D eigenvalue weighted by Gasteiger charge is 2.15. The standard InChI is InChI=1S/C19H18N4O4S3/c1-2-27-15-5-3-4-13(12-15)17(24)22-18(28)21-14-6-8-16(9-7-14)30(25,26)23-19-20-10-11-29-19/h3-12H,2H2,1H3,(H,20,23)(H2,21,22,24,28). The van der Waals surface area contributed by atoms with E-state index in [1.165, 1.54) is 29.7 Å². The molecule has 0 aliphatic carbocycles. The molecule has 0 radical (unpaired) electrons. The van der Waals surface area contributed by atoms with Gasteiger partial charge in [0.2, 0.25) is 0 Å². The maximum atomic E-state index is 12.4. The summed E-state index contributed by atoms with van der Waals surface area (Å²) in [5.74, 6) is 0.202. The summed E-state index contributed by atoms with van der Waals surface area (Å²) in [6.45, 7) is 2.35. The molecule has 1 heterocycles. The minimum absolute atomic E-state index is 0.0749. The number of rotatable bonds is 7. The summed E-state index contributed by atoms with van der Waals surface area (Å²) in [7, 11) is -3.74. The molecule has 0 unspecified atom stereocenters. The van der Waals surface area contributed by atoms with Gasteiger partial charge in [0.05, 0.1) is 11.5 Å². The number of hydrogen-bond donors (Lipinski definition) is 3. The fourth-order valence-corrected chi connectivity index (χ4v) is 4.40. The van der Waals surface area contributed by atoms with Crippen molar-refractivity contribution in [3.8, 4) is 5.75 Å². The van der Waals surface area contributed by atoms with Gasteiger partial charge in [-0.25, -0.2) is 13.4 Å². The first-order valence-corrected chi connectivity index (χ1v) is 11.5. The SMILES string of the molecule is CCOc1cccc(C(=O)NC(=S)Nc2ccc(S(=O)(=O)Nc3nccs3)cc2)c1. The van der Waals surface area contributed by atoms with Crippen LogP contribution >= 0.6 is 23.6 Å². The number of thiazole rings is 1. The van der Waals surface area contributed by atoms with E-state index in [9.17, 15) is 13.2 Å². The first kappa shape index (κ1) is 21.7. The molecule has 11 heteroatoms. The normalized spacial score (nSPS) is 10.8. The van der Waals surface area contributed by atoms with E-state index in [0.717, 1.165) is 0 Å². The van der Waals surface area contributed by atoms with Gasteiger partial charge in [-0.3, -0.25) is 14.8 Å². The number of nitrogens with one attached hydrogen (secondary N) is 3. The number of thiocarbonyl (C=S) groups is 1. The molecule has 3 aromatic rings. The number of hydrogen-bond acceptors (Lipinski definition) is 7. The molecule has 30 heavy (non-hydrogen) atoms. The maximum absolute atomic E-state index is 12.4. The van der Waals surface area contributed by atoms with Gasteiger partial charge in [-0.15, -0.1) is 11.3 Å². The molecule has 3 rings (SSSR count). The molecule has 3 N–H and O–H groups in total. The van der Waals surface area contributed by atoms with Gasteiger partial charge in [0.25, 0.3) is 15.9 Å². The highest BCUT2D eigenvalue weighted by molar-refractivity contribution is 7.93. The van der Waals surface area contributed by atoms with Crippen molar-refractivity contribution in [3.05, 3.63) is 65.7 Å². The van der Waals surface area contributed by atoms with Gasteiger partial charge < -0.3 is 10.1 Å². The van der Waals surface area contributed by atoms with Crippen LogP contribution in [0.3, 0.4) is 0 Å². The van der Waals surface area contributed by atoms with Gasteiger partial charge in [0.15, 0.2) is 10.2 Å². The summed E-state index contributed by atoms with van der Waals surface area (Å²) in [6, 6.07) is 12.7. The van der Waals surface area contributed by atoms with Crippen LogP contribution in [0.15, 0.2) is 65.0 Å². The highest BCUT2D eigenvalue weighted by Crippen LogP contribution is 2.19. The van der Waals surface area contributed by atoms with E-state index in [0.29, 0.717) is 23.6 Å². The number of ether oxygens (including phenoxy) is 1. The van der Waals surface area contributed by atoms with Gasteiger partial charge in [0.1, 0.15) is 5.75 Å². The zero-order valence-corrected chi connectivity index (χ0v) is 18.2. The van der Waals surface area contributed by atoms with Crippen LogP contribution in [-0.2, 0) is 10.0 Å². The summed E-state index contributed by atoms with van der Waals surface area (Å²) in [4.78, 5) is 16.3. The lowest BCUT2D eigenvalue weighted by atomic mass is 10.2. The second-order valence-corrected chi connectivity index (χ2v) is 8.82. The number of aromatic nitrogens is 1. The Hall–Kier alpha value is -3.02. The van der Waals surface area contributed by atoms with Crippen molar-refractivity contribution in [3.63, 3.8) is 0 Å². The lowest BCUT2D eigenvalue weighted by molar-refractivity contribution is 0.0977. The second kappa shape index (κ2) is 9.65. The van der Waals surface area contributed by atoms with Crippen LogP contribution in [0.1, 0.15) is 17.3 Å². The number of nitrogens with zero attached hydrogens (tertiary/aromatic N) is 1. The van der Waals surface area contributed by atoms with Crippen LogP contribution in [0.25, 0.3) is 0 Å². The Morgan fingerprint density at radius 3 is 2.63 bits per heavy atom. The van der Waals surface area contributed by atoms with Crippen molar-refractivity contribution in [1.29, 1.82) is 0 Å².